The number of aryl methyl sites for hydroxylation is 1. The molecule has 1 aliphatic rings. The molecule has 2 amide bonds. The number of amides is 2. The first-order chi connectivity index (χ1) is 9.99. The Morgan fingerprint density at radius 1 is 1.14 bits per heavy atom. The van der Waals surface area contributed by atoms with Crippen LogP contribution in [0.15, 0.2) is 24.3 Å². The molecule has 0 atom stereocenters. The number of carbonyl (C=O) groups is 2. The predicted molar refractivity (Wildman–Crippen MR) is 83.3 cm³/mol. The second-order valence-corrected chi connectivity index (χ2v) is 5.58. The van der Waals surface area contributed by atoms with Gasteiger partial charge >= 0.3 is 0 Å². The minimum absolute atomic E-state index is 0.0153. The van der Waals surface area contributed by atoms with Crippen molar-refractivity contribution < 1.29 is 9.59 Å². The molecule has 1 aromatic rings. The number of para-hydroxylation sites is 1. The average Bonchev–Trinajstić information content (AvgIpc) is 2.46. The molecule has 5 nitrogen and oxygen atoms in total. The molecule has 0 radical (unpaired) electrons. The van der Waals surface area contributed by atoms with Crippen LogP contribution in [0.3, 0.4) is 0 Å². The Labute approximate surface area is 126 Å². The van der Waals surface area contributed by atoms with Crippen LogP contribution in [0.5, 0.6) is 0 Å². The standard InChI is InChI=1S/C16H23N3O2/c1-13-6-4-5-7-15(13)19(14(2)20)12-16(21)18-10-8-17(3)9-11-18/h4-7H,8-12H2,1-3H3. The maximum Gasteiger partial charge on any atom is 0.242 e. The van der Waals surface area contributed by atoms with Gasteiger partial charge in [-0.25, -0.2) is 0 Å². The van der Waals surface area contributed by atoms with Crippen molar-refractivity contribution in [3.63, 3.8) is 0 Å². The Morgan fingerprint density at radius 2 is 1.76 bits per heavy atom. The maximum absolute atomic E-state index is 12.4. The molecule has 5 heteroatoms. The number of hydrogen-bond acceptors (Lipinski definition) is 3. The summed E-state index contributed by atoms with van der Waals surface area (Å²) < 4.78 is 0. The lowest BCUT2D eigenvalue weighted by molar-refractivity contribution is -0.132. The zero-order valence-electron chi connectivity index (χ0n) is 13.0. The third-order valence-corrected chi connectivity index (χ3v) is 3.94. The van der Waals surface area contributed by atoms with Crippen LogP contribution < -0.4 is 4.90 Å². The molecular formula is C16H23N3O2. The minimum atomic E-state index is -0.105. The molecule has 1 heterocycles. The van der Waals surface area contributed by atoms with Crippen LogP contribution in [-0.4, -0.2) is 61.4 Å². The summed E-state index contributed by atoms with van der Waals surface area (Å²) in [6.45, 7) is 6.80. The summed E-state index contributed by atoms with van der Waals surface area (Å²) >= 11 is 0. The summed E-state index contributed by atoms with van der Waals surface area (Å²) in [5, 5.41) is 0. The van der Waals surface area contributed by atoms with Crippen LogP contribution in [0.25, 0.3) is 0 Å². The van der Waals surface area contributed by atoms with Crippen molar-refractivity contribution in [2.45, 2.75) is 13.8 Å². The lowest BCUT2D eigenvalue weighted by Gasteiger charge is -2.34. The second-order valence-electron chi connectivity index (χ2n) is 5.58. The summed E-state index contributed by atoms with van der Waals surface area (Å²) in [6, 6.07) is 7.65. The van der Waals surface area contributed by atoms with E-state index in [0.29, 0.717) is 0 Å². The first-order valence-electron chi connectivity index (χ1n) is 7.29. The van der Waals surface area contributed by atoms with E-state index in [1.54, 1.807) is 4.90 Å². The van der Waals surface area contributed by atoms with E-state index in [1.165, 1.54) is 6.92 Å². The predicted octanol–water partition coefficient (Wildman–Crippen LogP) is 1.12. The number of hydrogen-bond donors (Lipinski definition) is 0. The molecule has 1 fully saturated rings. The molecule has 1 saturated heterocycles. The second kappa shape index (κ2) is 6.72. The SMILES string of the molecule is CC(=O)N(CC(=O)N1CCN(C)CC1)c1ccccc1C. The summed E-state index contributed by atoms with van der Waals surface area (Å²) in [7, 11) is 2.05. The summed E-state index contributed by atoms with van der Waals surface area (Å²) in [5.41, 5.74) is 1.81. The van der Waals surface area contributed by atoms with Gasteiger partial charge in [0.25, 0.3) is 0 Å². The van der Waals surface area contributed by atoms with Gasteiger partial charge in [0.2, 0.25) is 11.8 Å². The van der Waals surface area contributed by atoms with Crippen molar-refractivity contribution >= 4 is 17.5 Å². The Kier molecular flexibility index (Phi) is 4.96. The van der Waals surface area contributed by atoms with E-state index >= 15 is 0 Å². The maximum atomic E-state index is 12.4. The average molecular weight is 289 g/mol. The van der Waals surface area contributed by atoms with Gasteiger partial charge in [-0.2, -0.15) is 0 Å². The van der Waals surface area contributed by atoms with E-state index < -0.39 is 0 Å². The van der Waals surface area contributed by atoms with E-state index in [-0.39, 0.29) is 18.4 Å². The van der Waals surface area contributed by atoms with Crippen LogP contribution in [0.1, 0.15) is 12.5 Å². The summed E-state index contributed by atoms with van der Waals surface area (Å²) in [5.74, 6) is -0.0895. The highest BCUT2D eigenvalue weighted by atomic mass is 16.2. The topological polar surface area (TPSA) is 43.9 Å². The van der Waals surface area contributed by atoms with Gasteiger partial charge in [-0.05, 0) is 25.6 Å². The van der Waals surface area contributed by atoms with Gasteiger partial charge in [0, 0.05) is 38.8 Å². The quantitative estimate of drug-likeness (QED) is 0.837. The number of likely N-dealkylation sites (N-methyl/N-ethyl adjacent to an activating group) is 1. The number of carbonyl (C=O) groups excluding carboxylic acids is 2. The Morgan fingerprint density at radius 3 is 2.33 bits per heavy atom. The summed E-state index contributed by atoms with van der Waals surface area (Å²) in [6.07, 6.45) is 0. The fraction of sp³-hybridized carbons (Fsp3) is 0.500. The molecule has 21 heavy (non-hydrogen) atoms. The number of rotatable bonds is 3. The van der Waals surface area contributed by atoms with Gasteiger partial charge in [-0.15, -0.1) is 0 Å². The lowest BCUT2D eigenvalue weighted by Crippen LogP contribution is -2.50. The Balaban J connectivity index is 2.08. The van der Waals surface area contributed by atoms with Crippen LogP contribution >= 0.6 is 0 Å². The van der Waals surface area contributed by atoms with Gasteiger partial charge in [0.15, 0.2) is 0 Å². The molecule has 2 rings (SSSR count). The van der Waals surface area contributed by atoms with Gasteiger partial charge in [-0.3, -0.25) is 9.59 Å². The van der Waals surface area contributed by atoms with Crippen molar-refractivity contribution in [2.75, 3.05) is 44.7 Å². The van der Waals surface area contributed by atoms with Crippen LogP contribution in [0.4, 0.5) is 5.69 Å². The molecule has 0 unspecified atom stereocenters. The summed E-state index contributed by atoms with van der Waals surface area (Å²) in [4.78, 5) is 29.9. The van der Waals surface area contributed by atoms with Crippen molar-refractivity contribution in [3.8, 4) is 0 Å². The number of anilines is 1. The molecule has 0 aliphatic carbocycles. The molecule has 1 aliphatic heterocycles. The molecule has 0 N–H and O–H groups in total. The lowest BCUT2D eigenvalue weighted by atomic mass is 10.1. The van der Waals surface area contributed by atoms with E-state index in [4.69, 9.17) is 0 Å². The van der Waals surface area contributed by atoms with E-state index in [0.717, 1.165) is 37.4 Å². The normalized spacial score (nSPS) is 15.9. The monoisotopic (exact) mass is 289 g/mol. The molecule has 0 spiro atoms. The van der Waals surface area contributed by atoms with E-state index in [9.17, 15) is 9.59 Å². The minimum Gasteiger partial charge on any atom is -0.339 e. The molecule has 0 aromatic heterocycles. The van der Waals surface area contributed by atoms with Gasteiger partial charge in [0.1, 0.15) is 6.54 Å². The molecule has 0 saturated carbocycles. The first-order valence-corrected chi connectivity index (χ1v) is 7.29. The van der Waals surface area contributed by atoms with Crippen molar-refractivity contribution in [1.82, 2.24) is 9.80 Å². The van der Waals surface area contributed by atoms with Crippen LogP contribution in [0, 0.1) is 6.92 Å². The zero-order chi connectivity index (χ0) is 15.4. The van der Waals surface area contributed by atoms with Gasteiger partial charge in [-0.1, -0.05) is 18.2 Å². The van der Waals surface area contributed by atoms with Crippen molar-refractivity contribution in [1.29, 1.82) is 0 Å². The van der Waals surface area contributed by atoms with Gasteiger partial charge < -0.3 is 14.7 Å². The number of piperazine rings is 1. The zero-order valence-corrected chi connectivity index (χ0v) is 13.0. The van der Waals surface area contributed by atoms with Crippen molar-refractivity contribution in [2.24, 2.45) is 0 Å². The Hall–Kier alpha value is -1.88. The molecule has 0 bridgehead atoms. The van der Waals surface area contributed by atoms with Crippen molar-refractivity contribution in [3.05, 3.63) is 29.8 Å². The third kappa shape index (κ3) is 3.82. The smallest absolute Gasteiger partial charge is 0.242 e. The first kappa shape index (κ1) is 15.5. The van der Waals surface area contributed by atoms with E-state index in [1.807, 2.05) is 36.1 Å². The third-order valence-electron chi connectivity index (χ3n) is 3.94. The fourth-order valence-corrected chi connectivity index (χ4v) is 2.52. The van der Waals surface area contributed by atoms with E-state index in [2.05, 4.69) is 11.9 Å². The largest absolute Gasteiger partial charge is 0.339 e. The van der Waals surface area contributed by atoms with Crippen LogP contribution in [-0.2, 0) is 9.59 Å². The fourth-order valence-electron chi connectivity index (χ4n) is 2.52. The number of nitrogens with zero attached hydrogens (tertiary/aromatic N) is 3. The highest BCUT2D eigenvalue weighted by Gasteiger charge is 2.23. The van der Waals surface area contributed by atoms with Crippen LogP contribution in [0.2, 0.25) is 0 Å². The molecular weight excluding hydrogens is 266 g/mol. The highest BCUT2D eigenvalue weighted by molar-refractivity contribution is 5.98. The molecule has 114 valence electrons. The van der Waals surface area contributed by atoms with Gasteiger partial charge in [0.05, 0.1) is 0 Å². The molecule has 1 aromatic carbocycles. The highest BCUT2D eigenvalue weighted by Crippen LogP contribution is 2.19. The number of benzene rings is 1. The Bertz CT molecular complexity index is 522.